The number of fused-ring (bicyclic) bond motifs is 1. The van der Waals surface area contributed by atoms with Crippen LogP contribution in [0.3, 0.4) is 0 Å². The van der Waals surface area contributed by atoms with Crippen LogP contribution in [-0.2, 0) is 16.6 Å². The molecule has 0 spiro atoms. The van der Waals surface area contributed by atoms with E-state index in [1.54, 1.807) is 21.8 Å². The lowest BCUT2D eigenvalue weighted by Crippen LogP contribution is -2.51. The van der Waals surface area contributed by atoms with Crippen molar-refractivity contribution in [1.82, 2.24) is 24.6 Å². The molecule has 2 aromatic rings. The number of rotatable bonds is 3. The van der Waals surface area contributed by atoms with Gasteiger partial charge in [0.1, 0.15) is 17.0 Å². The fraction of sp³-hybridized carbons (Fsp3) is 0.560. The Kier molecular flexibility index (Phi) is 10.4. The number of amides is 3. The van der Waals surface area contributed by atoms with Crippen LogP contribution in [0.25, 0.3) is 10.9 Å². The lowest BCUT2D eigenvalue weighted by atomic mass is 10.2. The summed E-state index contributed by atoms with van der Waals surface area (Å²) in [6.45, 7) is 11.1. The maximum Gasteiger partial charge on any atom is 0.410 e. The van der Waals surface area contributed by atoms with Crippen LogP contribution in [0, 0.1) is 0 Å². The van der Waals surface area contributed by atoms with Gasteiger partial charge in [0.05, 0.1) is 12.6 Å². The monoisotopic (exact) mass is 523 g/mol. The van der Waals surface area contributed by atoms with E-state index in [0.717, 1.165) is 49.2 Å². The summed E-state index contributed by atoms with van der Waals surface area (Å²) in [6, 6.07) is 7.66. The Morgan fingerprint density at radius 1 is 0.972 bits per heavy atom. The molecule has 0 radical (unpaired) electrons. The summed E-state index contributed by atoms with van der Waals surface area (Å²) in [5, 5.41) is 4.14. The van der Waals surface area contributed by atoms with Crippen molar-refractivity contribution < 1.29 is 23.9 Å². The van der Waals surface area contributed by atoms with Crippen molar-refractivity contribution in [2.45, 2.75) is 26.4 Å². The van der Waals surface area contributed by atoms with Gasteiger partial charge in [0, 0.05) is 70.9 Å². The Balaban J connectivity index is 0.000000433. The number of nitrogens with zero attached hydrogens (tertiary/aromatic N) is 4. The van der Waals surface area contributed by atoms with Crippen LogP contribution < -0.4 is 10.1 Å². The molecule has 2 aliphatic heterocycles. The third-order valence-corrected chi connectivity index (χ3v) is 5.99. The van der Waals surface area contributed by atoms with Crippen molar-refractivity contribution in [1.29, 1.82) is 0 Å². The lowest BCUT2D eigenvalue weighted by molar-refractivity contribution is -0.118. The molecule has 36 heavy (non-hydrogen) atoms. The number of halogens is 1. The van der Waals surface area contributed by atoms with Gasteiger partial charge in [-0.25, -0.2) is 4.79 Å². The topological polar surface area (TPSA) is 96.3 Å². The van der Waals surface area contributed by atoms with Crippen molar-refractivity contribution in [3.05, 3.63) is 30.0 Å². The normalized spacial score (nSPS) is 16.0. The summed E-state index contributed by atoms with van der Waals surface area (Å²) < 4.78 is 12.6. The molecule has 10 nitrogen and oxygen atoms in total. The molecule has 4 rings (SSSR count). The van der Waals surface area contributed by atoms with Crippen LogP contribution in [0.5, 0.6) is 5.75 Å². The van der Waals surface area contributed by atoms with Crippen LogP contribution in [0.15, 0.2) is 24.3 Å². The molecule has 3 heterocycles. The van der Waals surface area contributed by atoms with Crippen LogP contribution in [-0.4, -0.2) is 103 Å². The maximum atomic E-state index is 13.0. The summed E-state index contributed by atoms with van der Waals surface area (Å²) in [5.41, 5.74) is 1.06. The molecule has 1 N–H and O–H groups in total. The van der Waals surface area contributed by atoms with Gasteiger partial charge in [-0.2, -0.15) is 0 Å². The third-order valence-electron chi connectivity index (χ3n) is 5.99. The molecule has 11 heteroatoms. The Bertz CT molecular complexity index is 1040. The SMILES string of the molecule is COc1ccc2cc(C(=O)N3CCN(C(=O)OC(C)(C)C)CC3)n(C)c2c1.Cl.O=CN1CCNCC1. The van der Waals surface area contributed by atoms with Gasteiger partial charge in [-0.3, -0.25) is 9.59 Å². The second kappa shape index (κ2) is 12.8. The predicted octanol–water partition coefficient (Wildman–Crippen LogP) is 2.35. The summed E-state index contributed by atoms with van der Waals surface area (Å²) in [7, 11) is 3.51. The van der Waals surface area contributed by atoms with Crippen LogP contribution in [0.2, 0.25) is 0 Å². The maximum absolute atomic E-state index is 13.0. The van der Waals surface area contributed by atoms with Gasteiger partial charge in [0.15, 0.2) is 0 Å². The molecular weight excluding hydrogens is 486 g/mol. The number of nitrogens with one attached hydrogen (secondary N) is 1. The number of piperazine rings is 2. The highest BCUT2D eigenvalue weighted by Gasteiger charge is 2.29. The predicted molar refractivity (Wildman–Crippen MR) is 141 cm³/mol. The summed E-state index contributed by atoms with van der Waals surface area (Å²) >= 11 is 0. The zero-order valence-corrected chi connectivity index (χ0v) is 22.6. The van der Waals surface area contributed by atoms with Crippen LogP contribution in [0.1, 0.15) is 31.3 Å². The largest absolute Gasteiger partial charge is 0.497 e. The number of ether oxygens (including phenoxy) is 2. The zero-order valence-electron chi connectivity index (χ0n) is 21.8. The van der Waals surface area contributed by atoms with E-state index in [-0.39, 0.29) is 24.4 Å². The van der Waals surface area contributed by atoms with Gasteiger partial charge in [0.25, 0.3) is 5.91 Å². The van der Waals surface area contributed by atoms with Gasteiger partial charge < -0.3 is 34.1 Å². The molecule has 1 aromatic carbocycles. The Morgan fingerprint density at radius 2 is 1.58 bits per heavy atom. The molecule has 0 unspecified atom stereocenters. The highest BCUT2D eigenvalue weighted by Crippen LogP contribution is 2.25. The second-order valence-electron chi connectivity index (χ2n) is 9.66. The molecule has 1 aromatic heterocycles. The van der Waals surface area contributed by atoms with Crippen molar-refractivity contribution >= 4 is 41.7 Å². The molecular formula is C25H38ClN5O5. The lowest BCUT2D eigenvalue weighted by Gasteiger charge is -2.35. The molecule has 0 atom stereocenters. The molecule has 2 saturated heterocycles. The summed E-state index contributed by atoms with van der Waals surface area (Å²) in [4.78, 5) is 40.4. The quantitative estimate of drug-likeness (QED) is 0.620. The van der Waals surface area contributed by atoms with Crippen molar-refractivity contribution in [2.24, 2.45) is 7.05 Å². The fourth-order valence-electron chi connectivity index (χ4n) is 4.01. The minimum Gasteiger partial charge on any atom is -0.497 e. The summed E-state index contributed by atoms with van der Waals surface area (Å²) in [6.07, 6.45) is 0.576. The molecule has 0 bridgehead atoms. The molecule has 200 valence electrons. The van der Waals surface area contributed by atoms with E-state index in [1.165, 1.54) is 0 Å². The van der Waals surface area contributed by atoms with E-state index in [4.69, 9.17) is 9.47 Å². The summed E-state index contributed by atoms with van der Waals surface area (Å²) in [5.74, 6) is 0.727. The van der Waals surface area contributed by atoms with Crippen molar-refractivity contribution in [2.75, 3.05) is 59.5 Å². The number of aromatic nitrogens is 1. The van der Waals surface area contributed by atoms with Crippen LogP contribution >= 0.6 is 12.4 Å². The number of methoxy groups -OCH3 is 1. The third kappa shape index (κ3) is 7.51. The van der Waals surface area contributed by atoms with E-state index in [1.807, 2.05) is 56.7 Å². The Morgan fingerprint density at radius 3 is 2.11 bits per heavy atom. The first kappa shape index (κ1) is 29.3. The Labute approximate surface area is 218 Å². The fourth-order valence-corrected chi connectivity index (χ4v) is 4.01. The first-order chi connectivity index (χ1) is 16.6. The highest BCUT2D eigenvalue weighted by atomic mass is 35.5. The van der Waals surface area contributed by atoms with E-state index in [9.17, 15) is 14.4 Å². The minimum atomic E-state index is -0.520. The standard InChI is InChI=1S/C20H27N3O4.C5H10N2O.ClH/c1-20(2,3)27-19(25)23-10-8-22(9-11-23)18(24)17-12-14-6-7-15(26-5)13-16(14)21(17)4;8-5-7-3-1-6-2-4-7;/h6-7,12-13H,8-11H2,1-5H3;5-6H,1-4H2;1H. The van der Waals surface area contributed by atoms with Gasteiger partial charge >= 0.3 is 6.09 Å². The van der Waals surface area contributed by atoms with Crippen molar-refractivity contribution in [3.63, 3.8) is 0 Å². The number of carbonyl (C=O) groups is 3. The highest BCUT2D eigenvalue weighted by molar-refractivity contribution is 5.99. The zero-order chi connectivity index (χ0) is 25.6. The molecule has 2 fully saturated rings. The number of hydrogen-bond acceptors (Lipinski definition) is 6. The second-order valence-corrected chi connectivity index (χ2v) is 9.66. The van der Waals surface area contributed by atoms with Gasteiger partial charge in [-0.15, -0.1) is 12.4 Å². The van der Waals surface area contributed by atoms with E-state index < -0.39 is 5.60 Å². The number of benzene rings is 1. The van der Waals surface area contributed by atoms with Crippen LogP contribution in [0.4, 0.5) is 4.79 Å². The molecule has 0 saturated carbocycles. The molecule has 3 amide bonds. The number of carbonyl (C=O) groups excluding carboxylic acids is 3. The minimum absolute atomic E-state index is 0. The molecule has 0 aliphatic carbocycles. The number of aryl methyl sites for hydroxylation is 1. The van der Waals surface area contributed by atoms with Gasteiger partial charge in [-0.1, -0.05) is 0 Å². The average Bonchev–Trinajstić information content (AvgIpc) is 3.19. The van der Waals surface area contributed by atoms with Crippen molar-refractivity contribution in [3.8, 4) is 5.75 Å². The number of hydrogen-bond donors (Lipinski definition) is 1. The van der Waals surface area contributed by atoms with Gasteiger partial charge in [0.2, 0.25) is 6.41 Å². The average molecular weight is 524 g/mol. The first-order valence-corrected chi connectivity index (χ1v) is 11.9. The van der Waals surface area contributed by atoms with E-state index in [2.05, 4.69) is 5.32 Å². The smallest absolute Gasteiger partial charge is 0.410 e. The molecule has 2 aliphatic rings. The van der Waals surface area contributed by atoms with Gasteiger partial charge in [-0.05, 0) is 39.0 Å². The van der Waals surface area contributed by atoms with E-state index in [0.29, 0.717) is 31.9 Å². The van der Waals surface area contributed by atoms with E-state index >= 15 is 0 Å². The Hall–Kier alpha value is -2.98. The first-order valence-electron chi connectivity index (χ1n) is 11.9.